The molecular weight excluding hydrogens is 356 g/mol. The van der Waals surface area contributed by atoms with Crippen LogP contribution >= 0.6 is 0 Å². The lowest BCUT2D eigenvalue weighted by molar-refractivity contribution is -0.0768. The molecule has 4 rings (SSSR count). The minimum Gasteiger partial charge on any atom is -0.493 e. The summed E-state index contributed by atoms with van der Waals surface area (Å²) < 4.78 is 17.4. The number of rotatable bonds is 4. The van der Waals surface area contributed by atoms with Crippen LogP contribution in [-0.4, -0.2) is 58.0 Å². The van der Waals surface area contributed by atoms with E-state index in [1.165, 1.54) is 11.1 Å². The number of hydrogen-bond donors (Lipinski definition) is 0. The molecule has 1 aromatic carbocycles. The van der Waals surface area contributed by atoms with Crippen LogP contribution in [0.4, 0.5) is 11.6 Å². The number of benzene rings is 1. The number of methoxy groups -OCH3 is 2. The van der Waals surface area contributed by atoms with E-state index in [4.69, 9.17) is 19.2 Å². The lowest BCUT2D eigenvalue weighted by Crippen LogP contribution is -2.47. The fourth-order valence-corrected chi connectivity index (χ4v) is 4.21. The molecule has 0 amide bonds. The van der Waals surface area contributed by atoms with Crippen LogP contribution in [0, 0.1) is 0 Å². The summed E-state index contributed by atoms with van der Waals surface area (Å²) in [6.45, 7) is 2.48. The molecule has 0 saturated carbocycles. The summed E-state index contributed by atoms with van der Waals surface area (Å²) in [6, 6.07) is 4.21. The largest absolute Gasteiger partial charge is 0.493 e. The molecule has 7 nitrogen and oxygen atoms in total. The Labute approximate surface area is 166 Å². The molecule has 0 N–H and O–H groups in total. The van der Waals surface area contributed by atoms with E-state index < -0.39 is 0 Å². The first-order valence-corrected chi connectivity index (χ1v) is 9.70. The molecule has 2 aliphatic heterocycles. The molecule has 0 bridgehead atoms. The molecule has 7 heteroatoms. The molecule has 150 valence electrons. The molecule has 2 aromatic rings. The molecule has 1 saturated heterocycles. The lowest BCUT2D eigenvalue weighted by atomic mass is 9.79. The van der Waals surface area contributed by atoms with Gasteiger partial charge in [-0.2, -0.15) is 0 Å². The first kappa shape index (κ1) is 18.8. The Morgan fingerprint density at radius 1 is 1.07 bits per heavy atom. The summed E-state index contributed by atoms with van der Waals surface area (Å²) in [5.41, 5.74) is 2.27. The Morgan fingerprint density at radius 2 is 1.79 bits per heavy atom. The number of nitrogens with zero attached hydrogens (tertiary/aromatic N) is 4. The Hall–Kier alpha value is -2.54. The summed E-state index contributed by atoms with van der Waals surface area (Å²) in [5.74, 6) is 3.34. The van der Waals surface area contributed by atoms with Crippen LogP contribution in [0.3, 0.4) is 0 Å². The fourth-order valence-electron chi connectivity index (χ4n) is 4.21. The highest BCUT2D eigenvalue weighted by Crippen LogP contribution is 2.45. The van der Waals surface area contributed by atoms with Crippen LogP contribution in [0.5, 0.6) is 11.5 Å². The van der Waals surface area contributed by atoms with Gasteiger partial charge in [0, 0.05) is 27.2 Å². The van der Waals surface area contributed by atoms with E-state index >= 15 is 0 Å². The Kier molecular flexibility index (Phi) is 5.02. The minimum absolute atomic E-state index is 0.268. The first-order chi connectivity index (χ1) is 13.6. The molecule has 0 unspecified atom stereocenters. The van der Waals surface area contributed by atoms with Gasteiger partial charge in [0.2, 0.25) is 0 Å². The summed E-state index contributed by atoms with van der Waals surface area (Å²) in [5, 5.41) is 0. The molecule has 0 atom stereocenters. The molecule has 0 radical (unpaired) electrons. The van der Waals surface area contributed by atoms with Gasteiger partial charge >= 0.3 is 0 Å². The Balaban J connectivity index is 1.59. The zero-order valence-electron chi connectivity index (χ0n) is 17.1. The summed E-state index contributed by atoms with van der Waals surface area (Å²) in [7, 11) is 7.32. The highest BCUT2D eigenvalue weighted by molar-refractivity contribution is 5.51. The maximum atomic E-state index is 6.38. The zero-order valence-corrected chi connectivity index (χ0v) is 17.1. The van der Waals surface area contributed by atoms with E-state index in [2.05, 4.69) is 22.0 Å². The van der Waals surface area contributed by atoms with Gasteiger partial charge in [-0.25, -0.2) is 4.98 Å². The second-order valence-corrected chi connectivity index (χ2v) is 7.57. The van der Waals surface area contributed by atoms with Crippen molar-refractivity contribution in [1.29, 1.82) is 0 Å². The maximum Gasteiger partial charge on any atom is 0.161 e. The maximum absolute atomic E-state index is 6.38. The SMILES string of the molecule is COc1cc2c(cc1OC)C1(CCN(c3cncc(N(C)C)n3)CC1)OCC2. The first-order valence-electron chi connectivity index (χ1n) is 9.70. The summed E-state index contributed by atoms with van der Waals surface area (Å²) in [4.78, 5) is 13.4. The highest BCUT2D eigenvalue weighted by atomic mass is 16.5. The topological polar surface area (TPSA) is 60.0 Å². The third-order valence-corrected chi connectivity index (χ3v) is 5.81. The van der Waals surface area contributed by atoms with Crippen LogP contribution in [0.1, 0.15) is 24.0 Å². The van der Waals surface area contributed by atoms with E-state index in [0.29, 0.717) is 0 Å². The normalized spacial score (nSPS) is 17.9. The van der Waals surface area contributed by atoms with Gasteiger partial charge < -0.3 is 24.0 Å². The number of piperidine rings is 1. The van der Waals surface area contributed by atoms with Crippen molar-refractivity contribution in [3.8, 4) is 11.5 Å². The van der Waals surface area contributed by atoms with Crippen molar-refractivity contribution in [1.82, 2.24) is 9.97 Å². The molecule has 1 aromatic heterocycles. The van der Waals surface area contributed by atoms with E-state index in [-0.39, 0.29) is 5.60 Å². The molecule has 3 heterocycles. The smallest absolute Gasteiger partial charge is 0.161 e. The molecular formula is C21H28N4O3. The number of ether oxygens (including phenoxy) is 3. The van der Waals surface area contributed by atoms with Gasteiger partial charge in [-0.3, -0.25) is 4.98 Å². The van der Waals surface area contributed by atoms with E-state index in [9.17, 15) is 0 Å². The second-order valence-electron chi connectivity index (χ2n) is 7.57. The van der Waals surface area contributed by atoms with Crippen LogP contribution in [0.25, 0.3) is 0 Å². The Bertz CT molecular complexity index is 848. The van der Waals surface area contributed by atoms with Crippen molar-refractivity contribution >= 4 is 11.6 Å². The third kappa shape index (κ3) is 3.24. The highest BCUT2D eigenvalue weighted by Gasteiger charge is 2.41. The van der Waals surface area contributed by atoms with Gasteiger partial charge in [-0.15, -0.1) is 0 Å². The quantitative estimate of drug-likeness (QED) is 0.803. The minimum atomic E-state index is -0.268. The average molecular weight is 384 g/mol. The molecule has 0 aliphatic carbocycles. The third-order valence-electron chi connectivity index (χ3n) is 5.81. The van der Waals surface area contributed by atoms with E-state index in [0.717, 1.165) is 62.1 Å². The second kappa shape index (κ2) is 7.47. The fraction of sp³-hybridized carbons (Fsp3) is 0.524. The van der Waals surface area contributed by atoms with Crippen molar-refractivity contribution in [2.75, 3.05) is 57.8 Å². The van der Waals surface area contributed by atoms with Crippen LogP contribution in [-0.2, 0) is 16.8 Å². The van der Waals surface area contributed by atoms with Gasteiger partial charge in [-0.1, -0.05) is 0 Å². The Morgan fingerprint density at radius 3 is 2.46 bits per heavy atom. The van der Waals surface area contributed by atoms with Crippen molar-refractivity contribution in [2.45, 2.75) is 24.9 Å². The number of aromatic nitrogens is 2. The van der Waals surface area contributed by atoms with Crippen molar-refractivity contribution in [2.24, 2.45) is 0 Å². The summed E-state index contributed by atoms with van der Waals surface area (Å²) >= 11 is 0. The number of anilines is 2. The number of hydrogen-bond acceptors (Lipinski definition) is 7. The molecule has 1 fully saturated rings. The molecule has 28 heavy (non-hydrogen) atoms. The van der Waals surface area contributed by atoms with Crippen molar-refractivity contribution in [3.05, 3.63) is 35.7 Å². The zero-order chi connectivity index (χ0) is 19.7. The van der Waals surface area contributed by atoms with Crippen molar-refractivity contribution in [3.63, 3.8) is 0 Å². The van der Waals surface area contributed by atoms with Gasteiger partial charge in [0.05, 0.1) is 38.8 Å². The molecule has 2 aliphatic rings. The van der Waals surface area contributed by atoms with Gasteiger partial charge in [0.1, 0.15) is 11.6 Å². The standard InChI is InChI=1S/C21H28N4O3/c1-24(2)19-13-22-14-20(23-19)25-8-6-21(7-9-25)16-12-18(27-4)17(26-3)11-15(16)5-10-28-21/h11-14H,5-10H2,1-4H3. The van der Waals surface area contributed by atoms with Crippen molar-refractivity contribution < 1.29 is 14.2 Å². The van der Waals surface area contributed by atoms with Gasteiger partial charge in [-0.05, 0) is 42.5 Å². The van der Waals surface area contributed by atoms with E-state index in [1.807, 2.05) is 25.2 Å². The van der Waals surface area contributed by atoms with Crippen LogP contribution in [0.2, 0.25) is 0 Å². The van der Waals surface area contributed by atoms with Crippen LogP contribution in [0.15, 0.2) is 24.5 Å². The monoisotopic (exact) mass is 384 g/mol. The average Bonchev–Trinajstić information content (AvgIpc) is 2.73. The predicted octanol–water partition coefficient (Wildman–Crippen LogP) is 2.63. The predicted molar refractivity (Wildman–Crippen MR) is 109 cm³/mol. The number of fused-ring (bicyclic) bond motifs is 2. The van der Waals surface area contributed by atoms with Crippen LogP contribution < -0.4 is 19.3 Å². The van der Waals surface area contributed by atoms with E-state index in [1.54, 1.807) is 20.4 Å². The lowest BCUT2D eigenvalue weighted by Gasteiger charge is -2.45. The van der Waals surface area contributed by atoms with Gasteiger partial charge in [0.15, 0.2) is 11.5 Å². The summed E-state index contributed by atoms with van der Waals surface area (Å²) in [6.07, 6.45) is 6.34. The molecule has 1 spiro atoms. The van der Waals surface area contributed by atoms with Gasteiger partial charge in [0.25, 0.3) is 0 Å².